The maximum absolute atomic E-state index is 12.4. The molecule has 31 heavy (non-hydrogen) atoms. The van der Waals surface area contributed by atoms with Crippen LogP contribution in [0.5, 0.6) is 11.5 Å². The lowest BCUT2D eigenvalue weighted by molar-refractivity contribution is -0.131. The molecule has 1 aromatic heterocycles. The van der Waals surface area contributed by atoms with Crippen molar-refractivity contribution in [3.05, 3.63) is 82.0 Å². The molecule has 0 saturated heterocycles. The molecule has 0 atom stereocenters. The number of hydrogen-bond acceptors (Lipinski definition) is 4. The summed E-state index contributed by atoms with van der Waals surface area (Å²) in [6, 6.07) is 18.9. The Hall–Kier alpha value is -3.32. The van der Waals surface area contributed by atoms with Crippen LogP contribution in [-0.4, -0.2) is 29.9 Å². The number of rotatable bonds is 7. The maximum Gasteiger partial charge on any atom is 0.315 e. The second-order valence-electron chi connectivity index (χ2n) is 7.32. The fraction of sp³-hybridized carbons (Fsp3) is 0.250. The monoisotopic (exact) mass is 435 g/mol. The van der Waals surface area contributed by atoms with E-state index in [1.54, 1.807) is 11.3 Å². The van der Waals surface area contributed by atoms with Gasteiger partial charge >= 0.3 is 6.03 Å². The Kier molecular flexibility index (Phi) is 6.84. The summed E-state index contributed by atoms with van der Waals surface area (Å²) in [7, 11) is 0. The number of fused-ring (bicyclic) bond motifs is 1. The molecular weight excluding hydrogens is 410 g/mol. The molecule has 2 aromatic carbocycles. The summed E-state index contributed by atoms with van der Waals surface area (Å²) in [6.07, 6.45) is 1.21. The van der Waals surface area contributed by atoms with E-state index in [-0.39, 0.29) is 11.9 Å². The Labute approximate surface area is 185 Å². The summed E-state index contributed by atoms with van der Waals surface area (Å²) >= 11 is 1.75. The first kappa shape index (κ1) is 20.9. The smallest absolute Gasteiger partial charge is 0.315 e. The highest BCUT2D eigenvalue weighted by Gasteiger charge is 2.21. The highest BCUT2D eigenvalue weighted by molar-refractivity contribution is 7.10. The van der Waals surface area contributed by atoms with E-state index in [0.29, 0.717) is 31.8 Å². The molecule has 160 valence electrons. The summed E-state index contributed by atoms with van der Waals surface area (Å²) in [5.41, 5.74) is 2.11. The van der Waals surface area contributed by atoms with Crippen LogP contribution in [0.4, 0.5) is 4.79 Å². The fourth-order valence-corrected chi connectivity index (χ4v) is 4.40. The summed E-state index contributed by atoms with van der Waals surface area (Å²) in [6.45, 7) is 2.05. The third kappa shape index (κ3) is 5.64. The van der Waals surface area contributed by atoms with Gasteiger partial charge in [0.05, 0.1) is 0 Å². The summed E-state index contributed by atoms with van der Waals surface area (Å²) in [5, 5.41) is 7.68. The van der Waals surface area contributed by atoms with Crippen molar-refractivity contribution in [1.82, 2.24) is 15.5 Å². The molecule has 0 radical (unpaired) electrons. The average molecular weight is 436 g/mol. The van der Waals surface area contributed by atoms with Crippen LogP contribution >= 0.6 is 11.3 Å². The third-order valence-corrected chi connectivity index (χ3v) is 6.19. The van der Waals surface area contributed by atoms with Gasteiger partial charge in [-0.2, -0.15) is 0 Å². The van der Waals surface area contributed by atoms with Gasteiger partial charge < -0.3 is 20.3 Å². The molecule has 0 saturated carbocycles. The molecule has 0 spiro atoms. The fourth-order valence-electron chi connectivity index (χ4n) is 3.51. The van der Waals surface area contributed by atoms with Crippen molar-refractivity contribution in [2.75, 3.05) is 13.1 Å². The van der Waals surface area contributed by atoms with Gasteiger partial charge in [-0.25, -0.2) is 4.79 Å². The zero-order chi connectivity index (χ0) is 21.5. The van der Waals surface area contributed by atoms with Crippen molar-refractivity contribution in [2.45, 2.75) is 25.9 Å². The largest absolute Gasteiger partial charge is 0.457 e. The number of carbonyl (C=O) groups is 2. The maximum atomic E-state index is 12.4. The van der Waals surface area contributed by atoms with Gasteiger partial charge in [0.1, 0.15) is 11.5 Å². The Morgan fingerprint density at radius 3 is 2.68 bits per heavy atom. The van der Waals surface area contributed by atoms with Crippen LogP contribution in [0, 0.1) is 0 Å². The predicted octanol–water partition coefficient (Wildman–Crippen LogP) is 4.31. The number of nitrogens with zero attached hydrogens (tertiary/aromatic N) is 1. The molecule has 0 unspecified atom stereocenters. The first-order chi connectivity index (χ1) is 15.2. The molecule has 0 bridgehead atoms. The van der Waals surface area contributed by atoms with Gasteiger partial charge in [0, 0.05) is 43.0 Å². The van der Waals surface area contributed by atoms with E-state index in [2.05, 4.69) is 22.1 Å². The predicted molar refractivity (Wildman–Crippen MR) is 121 cm³/mol. The lowest BCUT2D eigenvalue weighted by Gasteiger charge is -2.27. The summed E-state index contributed by atoms with van der Waals surface area (Å²) in [4.78, 5) is 27.9. The number of amides is 3. The van der Waals surface area contributed by atoms with Crippen molar-refractivity contribution in [2.24, 2.45) is 0 Å². The number of urea groups is 1. The minimum atomic E-state index is -0.305. The van der Waals surface area contributed by atoms with Gasteiger partial charge in [-0.1, -0.05) is 36.4 Å². The molecule has 0 aliphatic carbocycles. The normalized spacial score (nSPS) is 12.7. The van der Waals surface area contributed by atoms with Gasteiger partial charge in [0.25, 0.3) is 0 Å². The van der Waals surface area contributed by atoms with Crippen LogP contribution < -0.4 is 15.4 Å². The van der Waals surface area contributed by atoms with Crippen molar-refractivity contribution >= 4 is 23.3 Å². The average Bonchev–Trinajstić information content (AvgIpc) is 3.27. The second-order valence-corrected chi connectivity index (χ2v) is 8.32. The minimum absolute atomic E-state index is 0.0683. The number of nitrogens with one attached hydrogen (secondary N) is 2. The van der Waals surface area contributed by atoms with Gasteiger partial charge in [0.2, 0.25) is 5.91 Å². The molecule has 0 fully saturated rings. The van der Waals surface area contributed by atoms with Gasteiger partial charge in [-0.05, 0) is 41.6 Å². The molecule has 2 N–H and O–H groups in total. The van der Waals surface area contributed by atoms with E-state index >= 15 is 0 Å². The minimum Gasteiger partial charge on any atom is -0.457 e. The van der Waals surface area contributed by atoms with E-state index in [1.807, 2.05) is 59.5 Å². The summed E-state index contributed by atoms with van der Waals surface area (Å²) < 4.78 is 5.92. The van der Waals surface area contributed by atoms with Crippen LogP contribution in [0.2, 0.25) is 0 Å². The Morgan fingerprint density at radius 1 is 1.00 bits per heavy atom. The zero-order valence-corrected chi connectivity index (χ0v) is 18.0. The van der Waals surface area contributed by atoms with E-state index in [1.165, 1.54) is 10.4 Å². The number of hydrogen-bond donors (Lipinski definition) is 2. The molecule has 7 heteroatoms. The highest BCUT2D eigenvalue weighted by atomic mass is 32.1. The van der Waals surface area contributed by atoms with Crippen LogP contribution in [0.1, 0.15) is 22.4 Å². The Balaban J connectivity index is 1.21. The SMILES string of the molecule is O=C(NCCC(=O)N1CCc2sccc2C1)NCc1ccccc1Oc1ccccc1. The van der Waals surface area contributed by atoms with Crippen molar-refractivity contribution in [3.63, 3.8) is 0 Å². The lowest BCUT2D eigenvalue weighted by Crippen LogP contribution is -2.40. The van der Waals surface area contributed by atoms with Crippen LogP contribution in [-0.2, 0) is 24.3 Å². The van der Waals surface area contributed by atoms with Gasteiger partial charge in [0.15, 0.2) is 0 Å². The van der Waals surface area contributed by atoms with Crippen LogP contribution in [0.15, 0.2) is 66.0 Å². The van der Waals surface area contributed by atoms with Crippen LogP contribution in [0.3, 0.4) is 0 Å². The van der Waals surface area contributed by atoms with E-state index in [4.69, 9.17) is 4.74 Å². The van der Waals surface area contributed by atoms with Crippen molar-refractivity contribution in [1.29, 1.82) is 0 Å². The second kappa shape index (κ2) is 10.1. The standard InChI is InChI=1S/C24H25N3O3S/c28-23(27-14-11-22-19(17-27)12-15-31-22)10-13-25-24(29)26-16-18-6-4-5-9-21(18)30-20-7-2-1-3-8-20/h1-9,12,15H,10-11,13-14,16-17H2,(H2,25,26,29). The molecule has 4 rings (SSSR count). The Morgan fingerprint density at radius 2 is 1.81 bits per heavy atom. The topological polar surface area (TPSA) is 70.7 Å². The number of ether oxygens (including phenoxy) is 1. The summed E-state index contributed by atoms with van der Waals surface area (Å²) in [5.74, 6) is 1.51. The molecule has 3 amide bonds. The zero-order valence-electron chi connectivity index (χ0n) is 17.2. The number of benzene rings is 2. The van der Waals surface area contributed by atoms with Gasteiger partial charge in [-0.15, -0.1) is 11.3 Å². The van der Waals surface area contributed by atoms with Crippen molar-refractivity contribution < 1.29 is 14.3 Å². The Bertz CT molecular complexity index is 1040. The van der Waals surface area contributed by atoms with E-state index in [0.717, 1.165) is 24.3 Å². The first-order valence-electron chi connectivity index (χ1n) is 10.3. The third-order valence-electron chi connectivity index (χ3n) is 5.17. The first-order valence-corrected chi connectivity index (χ1v) is 11.2. The number of para-hydroxylation sites is 2. The lowest BCUT2D eigenvalue weighted by atomic mass is 10.1. The van der Waals surface area contributed by atoms with Gasteiger partial charge in [-0.3, -0.25) is 4.79 Å². The molecule has 3 aromatic rings. The number of carbonyl (C=O) groups excluding carboxylic acids is 2. The number of thiophene rings is 1. The quantitative estimate of drug-likeness (QED) is 0.581. The molecule has 1 aliphatic rings. The van der Waals surface area contributed by atoms with E-state index < -0.39 is 0 Å². The highest BCUT2D eigenvalue weighted by Crippen LogP contribution is 2.25. The van der Waals surface area contributed by atoms with Crippen molar-refractivity contribution in [3.8, 4) is 11.5 Å². The van der Waals surface area contributed by atoms with E-state index in [9.17, 15) is 9.59 Å². The molecule has 6 nitrogen and oxygen atoms in total. The van der Waals surface area contributed by atoms with Crippen LogP contribution in [0.25, 0.3) is 0 Å². The molecule has 2 heterocycles. The molecular formula is C24H25N3O3S. The molecule has 1 aliphatic heterocycles.